The zero-order valence-electron chi connectivity index (χ0n) is 9.06. The Hall–Kier alpha value is -0.0831. The first-order valence-corrected chi connectivity index (χ1v) is 6.42. The molecule has 12 heavy (non-hydrogen) atoms. The summed E-state index contributed by atoms with van der Waals surface area (Å²) in [6.07, 6.45) is 4.86. The molecule has 0 saturated carbocycles. The SMILES string of the molecule is CC=C(C)[SiH2]N(CCC)CCC. The fourth-order valence-electron chi connectivity index (χ4n) is 1.35. The van der Waals surface area contributed by atoms with Crippen LogP contribution in [0.15, 0.2) is 11.3 Å². The van der Waals surface area contributed by atoms with Crippen molar-refractivity contribution in [3.63, 3.8) is 0 Å². The van der Waals surface area contributed by atoms with Crippen LogP contribution in [-0.4, -0.2) is 27.3 Å². The summed E-state index contributed by atoms with van der Waals surface area (Å²) in [6.45, 7) is 11.5. The van der Waals surface area contributed by atoms with Gasteiger partial charge in [0.15, 0.2) is 0 Å². The van der Waals surface area contributed by atoms with Gasteiger partial charge in [0, 0.05) is 0 Å². The van der Waals surface area contributed by atoms with E-state index in [0.29, 0.717) is 0 Å². The maximum absolute atomic E-state index is 2.66. The van der Waals surface area contributed by atoms with Crippen molar-refractivity contribution in [3.8, 4) is 0 Å². The van der Waals surface area contributed by atoms with Crippen molar-refractivity contribution in [1.29, 1.82) is 0 Å². The predicted octanol–water partition coefficient (Wildman–Crippen LogP) is 2.12. The van der Waals surface area contributed by atoms with E-state index in [9.17, 15) is 0 Å². The Kier molecular flexibility index (Phi) is 7.51. The molecule has 0 amide bonds. The van der Waals surface area contributed by atoms with Gasteiger partial charge in [-0.05, 0) is 39.8 Å². The van der Waals surface area contributed by atoms with E-state index in [1.807, 2.05) is 0 Å². The van der Waals surface area contributed by atoms with E-state index < -0.39 is 0 Å². The largest absolute Gasteiger partial charge is 0.325 e. The van der Waals surface area contributed by atoms with Crippen LogP contribution in [0.2, 0.25) is 0 Å². The highest BCUT2D eigenvalue weighted by Gasteiger charge is 2.02. The summed E-state index contributed by atoms with van der Waals surface area (Å²) in [5.41, 5.74) is 0. The molecule has 0 radical (unpaired) electrons. The quantitative estimate of drug-likeness (QED) is 0.573. The van der Waals surface area contributed by atoms with Gasteiger partial charge < -0.3 is 4.57 Å². The molecule has 0 aromatic heterocycles. The standard InChI is InChI=1S/C10H23NSi/c1-5-8-11(9-6-2)12-10(4)7-3/h7H,5-6,8-9,12H2,1-4H3. The number of nitrogens with zero attached hydrogens (tertiary/aromatic N) is 1. The van der Waals surface area contributed by atoms with Crippen molar-refractivity contribution in [2.45, 2.75) is 40.5 Å². The molecule has 0 unspecified atom stereocenters. The maximum Gasteiger partial charge on any atom is 0.122 e. The van der Waals surface area contributed by atoms with Gasteiger partial charge in [-0.1, -0.05) is 25.1 Å². The summed E-state index contributed by atoms with van der Waals surface area (Å²) in [6, 6.07) is 0. The number of rotatable bonds is 6. The summed E-state index contributed by atoms with van der Waals surface area (Å²) in [7, 11) is -0.0779. The van der Waals surface area contributed by atoms with Crippen LogP contribution in [0.25, 0.3) is 0 Å². The molecule has 0 aliphatic carbocycles. The highest BCUT2D eigenvalue weighted by molar-refractivity contribution is 6.41. The van der Waals surface area contributed by atoms with Gasteiger partial charge in [-0.15, -0.1) is 0 Å². The second-order valence-corrected chi connectivity index (χ2v) is 5.74. The number of hydrogen-bond acceptors (Lipinski definition) is 1. The van der Waals surface area contributed by atoms with E-state index in [-0.39, 0.29) is 9.68 Å². The van der Waals surface area contributed by atoms with Crippen LogP contribution in [-0.2, 0) is 0 Å². The third-order valence-electron chi connectivity index (χ3n) is 2.05. The minimum Gasteiger partial charge on any atom is -0.325 e. The fourth-order valence-corrected chi connectivity index (χ4v) is 3.18. The van der Waals surface area contributed by atoms with E-state index in [2.05, 4.69) is 38.3 Å². The van der Waals surface area contributed by atoms with Crippen molar-refractivity contribution in [3.05, 3.63) is 11.3 Å². The van der Waals surface area contributed by atoms with Crippen LogP contribution >= 0.6 is 0 Å². The van der Waals surface area contributed by atoms with Crippen molar-refractivity contribution < 1.29 is 0 Å². The van der Waals surface area contributed by atoms with Crippen LogP contribution < -0.4 is 0 Å². The molecule has 0 bridgehead atoms. The summed E-state index contributed by atoms with van der Waals surface area (Å²) >= 11 is 0. The highest BCUT2D eigenvalue weighted by Crippen LogP contribution is 1.97. The molecule has 0 aromatic carbocycles. The van der Waals surface area contributed by atoms with Crippen LogP contribution in [0, 0.1) is 0 Å². The lowest BCUT2D eigenvalue weighted by molar-refractivity contribution is 0.443. The molecule has 1 nitrogen and oxygen atoms in total. The number of allylic oxidation sites excluding steroid dienone is 2. The van der Waals surface area contributed by atoms with E-state index in [1.54, 1.807) is 5.20 Å². The molecular formula is C10H23NSi. The lowest BCUT2D eigenvalue weighted by Gasteiger charge is -2.20. The van der Waals surface area contributed by atoms with Gasteiger partial charge in [-0.3, -0.25) is 0 Å². The first-order chi connectivity index (χ1) is 5.74. The molecular weight excluding hydrogens is 162 g/mol. The second kappa shape index (κ2) is 7.56. The molecule has 0 aliphatic heterocycles. The van der Waals surface area contributed by atoms with E-state index >= 15 is 0 Å². The predicted molar refractivity (Wildman–Crippen MR) is 60.1 cm³/mol. The van der Waals surface area contributed by atoms with Crippen molar-refractivity contribution in [1.82, 2.24) is 4.57 Å². The van der Waals surface area contributed by atoms with Gasteiger partial charge >= 0.3 is 0 Å². The summed E-state index contributed by atoms with van der Waals surface area (Å²) in [5, 5.41) is 1.62. The molecule has 0 rings (SSSR count). The molecule has 2 heteroatoms. The Labute approximate surface area is 79.7 Å². The summed E-state index contributed by atoms with van der Waals surface area (Å²) in [4.78, 5) is 0. The van der Waals surface area contributed by atoms with Crippen LogP contribution in [0.4, 0.5) is 0 Å². The lowest BCUT2D eigenvalue weighted by Crippen LogP contribution is -2.30. The van der Waals surface area contributed by atoms with Crippen LogP contribution in [0.5, 0.6) is 0 Å². The monoisotopic (exact) mass is 185 g/mol. The normalized spacial score (nSPS) is 13.6. The molecule has 0 N–H and O–H groups in total. The van der Waals surface area contributed by atoms with Gasteiger partial charge in [0.2, 0.25) is 0 Å². The first kappa shape index (κ1) is 11.9. The van der Waals surface area contributed by atoms with Crippen molar-refractivity contribution in [2.75, 3.05) is 13.1 Å². The lowest BCUT2D eigenvalue weighted by atomic mass is 10.4. The van der Waals surface area contributed by atoms with Crippen molar-refractivity contribution >= 4 is 9.68 Å². The van der Waals surface area contributed by atoms with Gasteiger partial charge in [-0.2, -0.15) is 0 Å². The number of hydrogen-bond donors (Lipinski definition) is 0. The van der Waals surface area contributed by atoms with Gasteiger partial charge in [0.05, 0.1) is 0 Å². The highest BCUT2D eigenvalue weighted by atomic mass is 28.2. The maximum atomic E-state index is 2.66. The topological polar surface area (TPSA) is 3.24 Å². The molecule has 72 valence electrons. The van der Waals surface area contributed by atoms with Crippen LogP contribution in [0.1, 0.15) is 40.5 Å². The fraction of sp³-hybridized carbons (Fsp3) is 0.800. The molecule has 0 aliphatic rings. The molecule has 0 atom stereocenters. The zero-order valence-corrected chi connectivity index (χ0v) is 10.5. The van der Waals surface area contributed by atoms with Gasteiger partial charge in [-0.25, -0.2) is 0 Å². The van der Waals surface area contributed by atoms with Crippen molar-refractivity contribution in [2.24, 2.45) is 0 Å². The second-order valence-electron chi connectivity index (χ2n) is 3.41. The Morgan fingerprint density at radius 1 is 1.25 bits per heavy atom. The minimum absolute atomic E-state index is 0.0779. The Morgan fingerprint density at radius 2 is 1.75 bits per heavy atom. The van der Waals surface area contributed by atoms with E-state index in [1.165, 1.54) is 25.9 Å². The Balaban J connectivity index is 3.77. The minimum atomic E-state index is -0.0779. The summed E-state index contributed by atoms with van der Waals surface area (Å²) < 4.78 is 2.66. The average molecular weight is 185 g/mol. The summed E-state index contributed by atoms with van der Waals surface area (Å²) in [5.74, 6) is 0. The third kappa shape index (κ3) is 5.55. The molecule has 0 heterocycles. The first-order valence-electron chi connectivity index (χ1n) is 5.08. The average Bonchev–Trinajstić information content (AvgIpc) is 2.05. The zero-order chi connectivity index (χ0) is 9.40. The van der Waals surface area contributed by atoms with Gasteiger partial charge in [0.25, 0.3) is 0 Å². The third-order valence-corrected chi connectivity index (χ3v) is 4.03. The molecule has 0 saturated heterocycles. The van der Waals surface area contributed by atoms with Gasteiger partial charge in [0.1, 0.15) is 9.68 Å². The Morgan fingerprint density at radius 3 is 2.08 bits per heavy atom. The molecule has 0 fully saturated rings. The molecule has 0 aromatic rings. The molecule has 0 spiro atoms. The van der Waals surface area contributed by atoms with Crippen LogP contribution in [0.3, 0.4) is 0 Å². The van der Waals surface area contributed by atoms with E-state index in [4.69, 9.17) is 0 Å². The smallest absolute Gasteiger partial charge is 0.122 e. The Bertz CT molecular complexity index is 126. The van der Waals surface area contributed by atoms with E-state index in [0.717, 1.165) is 0 Å².